The summed E-state index contributed by atoms with van der Waals surface area (Å²) >= 11 is 5.87. The molecule has 0 aromatic carbocycles. The minimum atomic E-state index is -0.953. The van der Waals surface area contributed by atoms with Gasteiger partial charge in [0.1, 0.15) is 30.2 Å². The fourth-order valence-electron chi connectivity index (χ4n) is 2.60. The number of ether oxygens (including phenoxy) is 1. The SMILES string of the molecule is CC.CC(=O)c1cc(-n2c(C)ccc(Cl)c2=O)c(C)cn1.[B]C(OC)c1ncc(F)cc1F. The highest BCUT2D eigenvalue weighted by Gasteiger charge is 2.13. The van der Waals surface area contributed by atoms with Gasteiger partial charge in [-0.2, -0.15) is 0 Å². The number of Topliss-reactive ketones (excluding diaryl/α,β-unsaturated/α-hetero) is 1. The van der Waals surface area contributed by atoms with Gasteiger partial charge in [-0.3, -0.25) is 24.1 Å². The van der Waals surface area contributed by atoms with Crippen molar-refractivity contribution < 1.29 is 18.3 Å². The number of rotatable bonds is 4. The minimum absolute atomic E-state index is 0.0982. The van der Waals surface area contributed by atoms with Crippen LogP contribution in [-0.2, 0) is 4.74 Å². The van der Waals surface area contributed by atoms with E-state index in [-0.39, 0.29) is 22.1 Å². The summed E-state index contributed by atoms with van der Waals surface area (Å²) in [7, 11) is 6.61. The van der Waals surface area contributed by atoms with Crippen molar-refractivity contribution in [1.29, 1.82) is 0 Å². The third-order valence-electron chi connectivity index (χ3n) is 4.27. The van der Waals surface area contributed by atoms with Gasteiger partial charge >= 0.3 is 0 Å². The summed E-state index contributed by atoms with van der Waals surface area (Å²) in [6, 6.07) is 4.70. The lowest BCUT2D eigenvalue weighted by Crippen LogP contribution is -2.22. The predicted molar refractivity (Wildman–Crippen MR) is 125 cm³/mol. The van der Waals surface area contributed by atoms with Gasteiger partial charge in [-0.25, -0.2) is 8.78 Å². The highest BCUT2D eigenvalue weighted by atomic mass is 35.5. The van der Waals surface area contributed by atoms with Crippen molar-refractivity contribution >= 4 is 25.2 Å². The quantitative estimate of drug-likeness (QED) is 0.396. The van der Waals surface area contributed by atoms with E-state index in [9.17, 15) is 18.4 Å². The maximum Gasteiger partial charge on any atom is 0.274 e. The second-order valence-corrected chi connectivity index (χ2v) is 6.96. The summed E-state index contributed by atoms with van der Waals surface area (Å²) in [4.78, 5) is 31.0. The number of nitrogens with zero attached hydrogens (tertiary/aromatic N) is 3. The fraction of sp³-hybridized carbons (Fsp3) is 0.304. The maximum absolute atomic E-state index is 12.8. The predicted octanol–water partition coefficient (Wildman–Crippen LogP) is 4.90. The molecule has 1 atom stereocenters. The van der Waals surface area contributed by atoms with Gasteiger partial charge in [-0.1, -0.05) is 25.4 Å². The van der Waals surface area contributed by atoms with Crippen molar-refractivity contribution in [3.8, 4) is 5.69 Å². The summed E-state index contributed by atoms with van der Waals surface area (Å²) < 4.78 is 31.3. The summed E-state index contributed by atoms with van der Waals surface area (Å²) in [5.74, 6) is -1.68. The molecule has 3 heterocycles. The van der Waals surface area contributed by atoms with E-state index in [0.29, 0.717) is 17.4 Å². The molecule has 0 aliphatic heterocycles. The maximum atomic E-state index is 12.8. The lowest BCUT2D eigenvalue weighted by atomic mass is 9.96. The van der Waals surface area contributed by atoms with Crippen LogP contribution in [0.15, 0.2) is 41.5 Å². The molecule has 6 nitrogen and oxygen atoms in total. The van der Waals surface area contributed by atoms with Gasteiger partial charge in [0.15, 0.2) is 5.78 Å². The van der Waals surface area contributed by atoms with E-state index in [4.69, 9.17) is 19.4 Å². The molecule has 3 aromatic heterocycles. The molecule has 0 spiro atoms. The number of methoxy groups -OCH3 is 1. The van der Waals surface area contributed by atoms with Crippen molar-refractivity contribution in [2.24, 2.45) is 0 Å². The number of pyridine rings is 3. The van der Waals surface area contributed by atoms with Crippen molar-refractivity contribution in [3.63, 3.8) is 0 Å². The molecule has 10 heteroatoms. The van der Waals surface area contributed by atoms with Gasteiger partial charge in [0, 0.05) is 32.0 Å². The number of ketones is 1. The van der Waals surface area contributed by atoms with Gasteiger partial charge < -0.3 is 4.74 Å². The van der Waals surface area contributed by atoms with Crippen LogP contribution in [-0.4, -0.2) is 35.3 Å². The summed E-state index contributed by atoms with van der Waals surface area (Å²) in [6.45, 7) is 9.08. The molecule has 2 radical (unpaired) electrons. The second-order valence-electron chi connectivity index (χ2n) is 6.55. The number of carbonyl (C=O) groups excluding carboxylic acids is 1. The molecular formula is C23H25BClF2N3O3. The molecule has 3 aromatic rings. The van der Waals surface area contributed by atoms with Crippen LogP contribution in [0.4, 0.5) is 8.78 Å². The van der Waals surface area contributed by atoms with Crippen LogP contribution < -0.4 is 5.56 Å². The Labute approximate surface area is 198 Å². The van der Waals surface area contributed by atoms with Crippen molar-refractivity contribution in [2.75, 3.05) is 7.11 Å². The van der Waals surface area contributed by atoms with E-state index in [1.807, 2.05) is 27.7 Å². The van der Waals surface area contributed by atoms with Gasteiger partial charge in [0.25, 0.3) is 5.56 Å². The molecule has 1 unspecified atom stereocenters. The van der Waals surface area contributed by atoms with Crippen molar-refractivity contribution in [2.45, 2.75) is 40.6 Å². The van der Waals surface area contributed by atoms with E-state index in [0.717, 1.165) is 17.5 Å². The fourth-order valence-corrected chi connectivity index (χ4v) is 2.75. The molecular weight excluding hydrogens is 451 g/mol. The Morgan fingerprint density at radius 1 is 1.15 bits per heavy atom. The highest BCUT2D eigenvalue weighted by molar-refractivity contribution is 6.30. The van der Waals surface area contributed by atoms with Crippen LogP contribution in [0.2, 0.25) is 5.02 Å². The van der Waals surface area contributed by atoms with Crippen molar-refractivity contribution in [3.05, 3.63) is 86.3 Å². The number of hydrogen-bond donors (Lipinski definition) is 0. The lowest BCUT2D eigenvalue weighted by molar-refractivity contribution is 0.101. The average Bonchev–Trinajstić information content (AvgIpc) is 2.79. The normalized spacial score (nSPS) is 10.9. The highest BCUT2D eigenvalue weighted by Crippen LogP contribution is 2.17. The number of aryl methyl sites for hydroxylation is 2. The van der Waals surface area contributed by atoms with Gasteiger partial charge in [0.2, 0.25) is 0 Å². The minimum Gasteiger partial charge on any atom is -0.385 e. The third kappa shape index (κ3) is 7.30. The largest absolute Gasteiger partial charge is 0.385 e. The molecule has 0 saturated carbocycles. The Morgan fingerprint density at radius 2 is 1.79 bits per heavy atom. The number of carbonyl (C=O) groups is 1. The Morgan fingerprint density at radius 3 is 2.33 bits per heavy atom. The Hall–Kier alpha value is -2.91. The van der Waals surface area contributed by atoms with E-state index in [1.165, 1.54) is 18.6 Å². The molecule has 0 amide bonds. The molecule has 0 saturated heterocycles. The number of aromatic nitrogens is 3. The topological polar surface area (TPSA) is 74.1 Å². The summed E-state index contributed by atoms with van der Waals surface area (Å²) in [5.41, 5.74) is 2.11. The Kier molecular flexibility index (Phi) is 11.0. The number of hydrogen-bond acceptors (Lipinski definition) is 5. The first-order chi connectivity index (χ1) is 15.6. The van der Waals surface area contributed by atoms with Gasteiger partial charge in [0.05, 0.1) is 23.6 Å². The standard InChI is InChI=1S/C14H13ClN2O2.C7H6BF2NO.C2H6/c1-8-7-16-12(10(3)18)6-13(8)17-9(2)4-5-11(15)14(17)19;1-12-7(8)6-5(10)2-4(9)3-11-6;1-2/h4-7H,1-3H3;2-3,7H,1H3;1-2H3. The zero-order valence-electron chi connectivity index (χ0n) is 19.3. The van der Waals surface area contributed by atoms with Gasteiger partial charge in [-0.05, 0) is 37.6 Å². The van der Waals surface area contributed by atoms with E-state index >= 15 is 0 Å². The summed E-state index contributed by atoms with van der Waals surface area (Å²) in [5, 5.41) is 0.145. The van der Waals surface area contributed by atoms with Crippen LogP contribution in [0, 0.1) is 25.5 Å². The molecule has 0 N–H and O–H groups in total. The van der Waals surface area contributed by atoms with Crippen LogP contribution in [0.1, 0.15) is 54.2 Å². The first-order valence-corrected chi connectivity index (χ1v) is 10.4. The molecule has 0 aliphatic carbocycles. The third-order valence-corrected chi connectivity index (χ3v) is 4.55. The molecule has 174 valence electrons. The van der Waals surface area contributed by atoms with E-state index < -0.39 is 17.6 Å². The number of halogens is 3. The first kappa shape index (κ1) is 28.1. The molecule has 0 fully saturated rings. The van der Waals surface area contributed by atoms with Crippen LogP contribution >= 0.6 is 11.6 Å². The smallest absolute Gasteiger partial charge is 0.274 e. The second kappa shape index (κ2) is 13.0. The summed E-state index contributed by atoms with van der Waals surface area (Å²) in [6.07, 6.45) is 2.47. The van der Waals surface area contributed by atoms with Crippen LogP contribution in [0.3, 0.4) is 0 Å². The molecule has 33 heavy (non-hydrogen) atoms. The van der Waals surface area contributed by atoms with Crippen LogP contribution in [0.25, 0.3) is 5.69 Å². The lowest BCUT2D eigenvalue weighted by Gasteiger charge is -2.13. The zero-order chi connectivity index (χ0) is 25.3. The van der Waals surface area contributed by atoms with Crippen LogP contribution in [0.5, 0.6) is 0 Å². The molecule has 3 rings (SSSR count). The Bertz CT molecular complexity index is 1170. The monoisotopic (exact) mass is 475 g/mol. The molecule has 0 bridgehead atoms. The zero-order valence-corrected chi connectivity index (χ0v) is 20.1. The van der Waals surface area contributed by atoms with Crippen molar-refractivity contribution in [1.82, 2.24) is 14.5 Å². The average molecular weight is 476 g/mol. The van der Waals surface area contributed by atoms with E-state index in [2.05, 4.69) is 14.7 Å². The van der Waals surface area contributed by atoms with Gasteiger partial charge in [-0.15, -0.1) is 0 Å². The first-order valence-electron chi connectivity index (χ1n) is 10.0. The molecule has 0 aliphatic rings. The Balaban J connectivity index is 0.000000335. The van der Waals surface area contributed by atoms with E-state index in [1.54, 1.807) is 24.4 Å².